The van der Waals surface area contributed by atoms with Crippen LogP contribution in [0.4, 0.5) is 0 Å². The maximum Gasteiger partial charge on any atom is 0.240 e. The molecular formula is C19H21ClN4O3. The number of imidazole rings is 1. The van der Waals surface area contributed by atoms with Crippen LogP contribution in [0.5, 0.6) is 11.5 Å². The lowest BCUT2D eigenvalue weighted by atomic mass is 10.0. The third kappa shape index (κ3) is 3.39. The van der Waals surface area contributed by atoms with Crippen molar-refractivity contribution in [2.24, 2.45) is 5.10 Å². The fourth-order valence-corrected chi connectivity index (χ4v) is 3.65. The van der Waals surface area contributed by atoms with Crippen LogP contribution in [-0.4, -0.2) is 33.4 Å². The average Bonchev–Trinajstić information content (AvgIpc) is 3.36. The third-order valence-corrected chi connectivity index (χ3v) is 5.06. The molecule has 0 bridgehead atoms. The monoisotopic (exact) mass is 388 g/mol. The fraction of sp³-hybridized carbons (Fsp3) is 0.421. The average molecular weight is 389 g/mol. The van der Waals surface area contributed by atoms with E-state index in [2.05, 4.69) is 22.0 Å². The Morgan fingerprint density at radius 1 is 1.37 bits per heavy atom. The van der Waals surface area contributed by atoms with Crippen molar-refractivity contribution >= 4 is 23.2 Å². The molecule has 0 saturated heterocycles. The number of nitrogens with zero attached hydrogens (tertiary/aromatic N) is 3. The molecule has 1 aromatic carbocycles. The van der Waals surface area contributed by atoms with E-state index in [1.807, 2.05) is 18.2 Å². The largest absolute Gasteiger partial charge is 0.454 e. The summed E-state index contributed by atoms with van der Waals surface area (Å²) in [5.74, 6) is 2.11. The molecule has 1 unspecified atom stereocenters. The summed E-state index contributed by atoms with van der Waals surface area (Å²) < 4.78 is 10.8. The number of aromatic amines is 1. The molecule has 2 aliphatic rings. The highest BCUT2D eigenvalue weighted by molar-refractivity contribution is 6.30. The summed E-state index contributed by atoms with van der Waals surface area (Å²) in [6.07, 6.45) is 3.49. The number of unbranched alkanes of at least 4 members (excludes halogenated alkanes) is 1. The number of aromatic nitrogens is 2. The van der Waals surface area contributed by atoms with Gasteiger partial charge in [-0.2, -0.15) is 5.10 Å². The van der Waals surface area contributed by atoms with E-state index >= 15 is 0 Å². The van der Waals surface area contributed by atoms with Gasteiger partial charge in [0.25, 0.3) is 0 Å². The Hall–Kier alpha value is -2.54. The number of aryl methyl sites for hydroxylation is 1. The Bertz CT molecular complexity index is 908. The minimum atomic E-state index is -0.293. The Kier molecular flexibility index (Phi) is 4.78. The number of carbonyl (C=O) groups excluding carboxylic acids is 1. The van der Waals surface area contributed by atoms with Crippen LogP contribution in [-0.2, 0) is 11.2 Å². The number of hydrogen-bond acceptors (Lipinski definition) is 5. The van der Waals surface area contributed by atoms with E-state index in [0.717, 1.165) is 47.8 Å². The SMILES string of the molecule is CCCCc1nc(Cl)c(C2CC(c3ccc4c(c3)OCO4)=NN2C(C)=O)[nH]1. The zero-order valence-corrected chi connectivity index (χ0v) is 16.0. The van der Waals surface area contributed by atoms with Gasteiger partial charge in [0.15, 0.2) is 16.7 Å². The Morgan fingerprint density at radius 2 is 2.19 bits per heavy atom. The normalized spacial score (nSPS) is 18.1. The van der Waals surface area contributed by atoms with Gasteiger partial charge >= 0.3 is 0 Å². The first-order chi connectivity index (χ1) is 13.1. The van der Waals surface area contributed by atoms with Crippen LogP contribution in [0.1, 0.15) is 56.2 Å². The molecule has 2 aliphatic heterocycles. The first-order valence-corrected chi connectivity index (χ1v) is 9.46. The summed E-state index contributed by atoms with van der Waals surface area (Å²) in [6, 6.07) is 5.38. The topological polar surface area (TPSA) is 79.8 Å². The maximum absolute atomic E-state index is 12.2. The second kappa shape index (κ2) is 7.23. The lowest BCUT2D eigenvalue weighted by molar-refractivity contribution is -0.130. The maximum atomic E-state index is 12.2. The number of H-pyrrole nitrogens is 1. The second-order valence-corrected chi connectivity index (χ2v) is 7.05. The van der Waals surface area contributed by atoms with Crippen molar-refractivity contribution < 1.29 is 14.3 Å². The molecule has 1 amide bonds. The Labute approximate surface area is 162 Å². The van der Waals surface area contributed by atoms with Gasteiger partial charge in [0.05, 0.1) is 11.4 Å². The standard InChI is InChI=1S/C19H21ClN4O3/c1-3-4-5-17-21-18(19(20)22-17)14-9-13(23-24(14)11(2)25)12-6-7-15-16(8-12)27-10-26-15/h6-8,14H,3-5,9-10H2,1-2H3,(H,21,22). The van der Waals surface area contributed by atoms with E-state index in [9.17, 15) is 4.79 Å². The lowest BCUT2D eigenvalue weighted by Crippen LogP contribution is -2.24. The van der Waals surface area contributed by atoms with Gasteiger partial charge < -0.3 is 14.5 Å². The molecular weight excluding hydrogens is 368 g/mol. The minimum absolute atomic E-state index is 0.142. The molecule has 3 heterocycles. The highest BCUT2D eigenvalue weighted by Crippen LogP contribution is 2.38. The summed E-state index contributed by atoms with van der Waals surface area (Å²) in [6.45, 7) is 3.85. The zero-order valence-electron chi connectivity index (χ0n) is 15.3. The van der Waals surface area contributed by atoms with Crippen LogP contribution in [0.2, 0.25) is 5.15 Å². The van der Waals surface area contributed by atoms with Gasteiger partial charge in [-0.1, -0.05) is 24.9 Å². The number of hydrazone groups is 1. The van der Waals surface area contributed by atoms with Crippen molar-refractivity contribution in [1.29, 1.82) is 0 Å². The predicted octanol–water partition coefficient (Wildman–Crippen LogP) is 3.83. The molecule has 0 spiro atoms. The molecule has 1 aromatic heterocycles. The van der Waals surface area contributed by atoms with Gasteiger partial charge in [-0.3, -0.25) is 4.79 Å². The Balaban J connectivity index is 1.62. The predicted molar refractivity (Wildman–Crippen MR) is 101 cm³/mol. The molecule has 1 atom stereocenters. The number of rotatable bonds is 5. The minimum Gasteiger partial charge on any atom is -0.454 e. The summed E-state index contributed by atoms with van der Waals surface area (Å²) >= 11 is 6.38. The summed E-state index contributed by atoms with van der Waals surface area (Å²) in [4.78, 5) is 19.9. The van der Waals surface area contributed by atoms with Gasteiger partial charge in [-0.25, -0.2) is 9.99 Å². The van der Waals surface area contributed by atoms with Crippen molar-refractivity contribution in [2.45, 2.75) is 45.6 Å². The number of ether oxygens (including phenoxy) is 2. The molecule has 0 radical (unpaired) electrons. The van der Waals surface area contributed by atoms with E-state index in [0.29, 0.717) is 17.3 Å². The van der Waals surface area contributed by atoms with E-state index < -0.39 is 0 Å². The van der Waals surface area contributed by atoms with E-state index in [1.165, 1.54) is 11.9 Å². The summed E-state index contributed by atoms with van der Waals surface area (Å²) in [5, 5.41) is 6.43. The van der Waals surface area contributed by atoms with Crippen LogP contribution in [0.15, 0.2) is 23.3 Å². The molecule has 0 aliphatic carbocycles. The fourth-order valence-electron chi connectivity index (χ4n) is 3.37. The first kappa shape index (κ1) is 17.9. The quantitative estimate of drug-likeness (QED) is 0.844. The molecule has 1 N–H and O–H groups in total. The van der Waals surface area contributed by atoms with Crippen LogP contribution >= 0.6 is 11.6 Å². The molecule has 2 aromatic rings. The molecule has 27 heavy (non-hydrogen) atoms. The number of benzene rings is 1. The third-order valence-electron chi connectivity index (χ3n) is 4.77. The molecule has 4 rings (SSSR count). The molecule has 142 valence electrons. The van der Waals surface area contributed by atoms with E-state index in [4.69, 9.17) is 21.1 Å². The number of hydrogen-bond donors (Lipinski definition) is 1. The Morgan fingerprint density at radius 3 is 2.96 bits per heavy atom. The van der Waals surface area contributed by atoms with Crippen molar-refractivity contribution in [3.63, 3.8) is 0 Å². The van der Waals surface area contributed by atoms with Gasteiger partial charge in [0.2, 0.25) is 12.7 Å². The van der Waals surface area contributed by atoms with E-state index in [-0.39, 0.29) is 18.7 Å². The zero-order chi connectivity index (χ0) is 19.0. The molecule has 7 nitrogen and oxygen atoms in total. The first-order valence-electron chi connectivity index (χ1n) is 9.08. The smallest absolute Gasteiger partial charge is 0.240 e. The molecule has 0 saturated carbocycles. The van der Waals surface area contributed by atoms with Gasteiger partial charge in [0, 0.05) is 25.3 Å². The van der Waals surface area contributed by atoms with Crippen molar-refractivity contribution in [1.82, 2.24) is 15.0 Å². The van der Waals surface area contributed by atoms with Crippen molar-refractivity contribution in [3.8, 4) is 11.5 Å². The number of fused-ring (bicyclic) bond motifs is 1. The highest BCUT2D eigenvalue weighted by atomic mass is 35.5. The number of amides is 1. The molecule has 8 heteroatoms. The summed E-state index contributed by atoms with van der Waals surface area (Å²) in [7, 11) is 0. The number of nitrogens with one attached hydrogen (secondary N) is 1. The van der Waals surface area contributed by atoms with E-state index in [1.54, 1.807) is 0 Å². The highest BCUT2D eigenvalue weighted by Gasteiger charge is 2.35. The van der Waals surface area contributed by atoms with Crippen LogP contribution in [0.3, 0.4) is 0 Å². The summed E-state index contributed by atoms with van der Waals surface area (Å²) in [5.41, 5.74) is 2.43. The van der Waals surface area contributed by atoms with Gasteiger partial charge in [0.1, 0.15) is 11.9 Å². The van der Waals surface area contributed by atoms with Gasteiger partial charge in [-0.05, 0) is 24.6 Å². The molecule has 0 fully saturated rings. The van der Waals surface area contributed by atoms with Crippen LogP contribution in [0.25, 0.3) is 0 Å². The van der Waals surface area contributed by atoms with Gasteiger partial charge in [-0.15, -0.1) is 0 Å². The van der Waals surface area contributed by atoms with Crippen LogP contribution in [0, 0.1) is 0 Å². The van der Waals surface area contributed by atoms with Crippen molar-refractivity contribution in [2.75, 3.05) is 6.79 Å². The number of carbonyl (C=O) groups is 1. The van der Waals surface area contributed by atoms with Crippen LogP contribution < -0.4 is 9.47 Å². The lowest BCUT2D eigenvalue weighted by Gasteiger charge is -2.19. The second-order valence-electron chi connectivity index (χ2n) is 6.69. The number of halogens is 1. The van der Waals surface area contributed by atoms with Crippen molar-refractivity contribution in [3.05, 3.63) is 40.4 Å².